The van der Waals surface area contributed by atoms with Gasteiger partial charge in [-0.3, -0.25) is 0 Å². The minimum Gasteiger partial charge on any atom is -0.456 e. The Kier molecular flexibility index (Phi) is 13.5. The molecule has 5 aliphatic carbocycles. The van der Waals surface area contributed by atoms with Gasteiger partial charge in [0.1, 0.15) is 5.60 Å². The van der Waals surface area contributed by atoms with Crippen molar-refractivity contribution in [1.82, 2.24) is 0 Å². The fourth-order valence-corrected chi connectivity index (χ4v) is 11.2. The number of benzene rings is 1. The van der Waals surface area contributed by atoms with Crippen molar-refractivity contribution < 1.29 is 9.53 Å². The van der Waals surface area contributed by atoms with Gasteiger partial charge in [0.15, 0.2) is 0 Å². The highest BCUT2D eigenvalue weighted by molar-refractivity contribution is 5.90. The summed E-state index contributed by atoms with van der Waals surface area (Å²) < 4.78 is 5.60. The smallest absolute Gasteiger partial charge is 0.338 e. The third kappa shape index (κ3) is 7.31. The van der Waals surface area contributed by atoms with Crippen molar-refractivity contribution in [2.24, 2.45) is 51.8 Å². The van der Waals surface area contributed by atoms with Crippen LogP contribution in [0.1, 0.15) is 142 Å². The summed E-state index contributed by atoms with van der Waals surface area (Å²) in [5.74, 6) is 5.37. The van der Waals surface area contributed by atoms with E-state index in [1.165, 1.54) is 75.3 Å². The standard InChI is InChI=1S/C36H52O2.C2H6.3C2H2/c1-33(2,3)38-32(37)24-12-10-23(11-13-24)28-19-22-36(7)30-16-14-26-25(18-21-35(6)20-8-9-29(26)35)27(30)15-17-31(36)34(28,4)5;4*1-2/h10-13,19,25-27,29-31H,8-9,14-18,20-22H2,1-7H3;1-2H3;3*1-2H/t25?,26?,27-,29?,30?,31?,35+,36+;;;;/m0..../s1. The van der Waals surface area contributed by atoms with Crippen LogP contribution in [0.2, 0.25) is 0 Å². The second-order valence-corrected chi connectivity index (χ2v) is 16.1. The van der Waals surface area contributed by atoms with Crippen LogP contribution in [0.5, 0.6) is 0 Å². The second-order valence-electron chi connectivity index (χ2n) is 16.1. The molecule has 5 aliphatic rings. The maximum atomic E-state index is 12.6. The van der Waals surface area contributed by atoms with Crippen LogP contribution in [0.3, 0.4) is 0 Å². The van der Waals surface area contributed by atoms with Gasteiger partial charge in [-0.15, -0.1) is 38.5 Å². The third-order valence-corrected chi connectivity index (χ3v) is 12.7. The van der Waals surface area contributed by atoms with Crippen LogP contribution in [0.15, 0.2) is 30.3 Å². The van der Waals surface area contributed by atoms with Crippen LogP contribution >= 0.6 is 0 Å². The number of carbonyl (C=O) groups is 1. The Hall–Kier alpha value is -2.89. The first-order chi connectivity index (χ1) is 21.8. The van der Waals surface area contributed by atoms with E-state index >= 15 is 0 Å². The molecule has 46 heavy (non-hydrogen) atoms. The zero-order valence-electron chi connectivity index (χ0n) is 30.7. The van der Waals surface area contributed by atoms with Gasteiger partial charge in [0.25, 0.3) is 0 Å². The molecule has 0 aliphatic heterocycles. The van der Waals surface area contributed by atoms with E-state index in [-0.39, 0.29) is 11.4 Å². The molecule has 5 unspecified atom stereocenters. The van der Waals surface area contributed by atoms with Gasteiger partial charge in [0, 0.05) is 0 Å². The predicted molar refractivity (Wildman–Crippen MR) is 198 cm³/mol. The molecule has 4 saturated carbocycles. The molecule has 252 valence electrons. The number of ether oxygens (including phenoxy) is 1. The van der Waals surface area contributed by atoms with Gasteiger partial charge in [0.05, 0.1) is 5.56 Å². The molecule has 0 aromatic heterocycles. The SMILES string of the molecule is C#C.C#C.C#C.CC.CC(C)(C)OC(=O)c1ccc(C2=CC[C@]3(C)C4CCC5C(CC[C@@]6(C)CCCC56)[C@@H]4CCC3C2(C)C)cc1. The molecule has 6 rings (SSSR count). The maximum Gasteiger partial charge on any atom is 0.338 e. The van der Waals surface area contributed by atoms with E-state index in [1.807, 2.05) is 46.8 Å². The molecule has 0 saturated heterocycles. The Morgan fingerprint density at radius 3 is 1.89 bits per heavy atom. The summed E-state index contributed by atoms with van der Waals surface area (Å²) in [7, 11) is 0. The molecule has 0 bridgehead atoms. The highest BCUT2D eigenvalue weighted by atomic mass is 16.6. The quantitative estimate of drug-likeness (QED) is 0.242. The summed E-state index contributed by atoms with van der Waals surface area (Å²) in [5.41, 5.74) is 4.15. The Balaban J connectivity index is 0.000000856. The molecule has 0 N–H and O–H groups in total. The summed E-state index contributed by atoms with van der Waals surface area (Å²) in [6, 6.07) is 8.25. The lowest BCUT2D eigenvalue weighted by molar-refractivity contribution is -0.127. The largest absolute Gasteiger partial charge is 0.456 e. The minimum absolute atomic E-state index is 0.138. The summed E-state index contributed by atoms with van der Waals surface area (Å²) in [5, 5.41) is 0. The third-order valence-electron chi connectivity index (χ3n) is 12.7. The summed E-state index contributed by atoms with van der Waals surface area (Å²) in [6.07, 6.45) is 41.1. The van der Waals surface area contributed by atoms with Gasteiger partial charge in [-0.05, 0) is 154 Å². The lowest BCUT2D eigenvalue weighted by Crippen LogP contribution is -2.56. The number of hydrogen-bond donors (Lipinski definition) is 0. The summed E-state index contributed by atoms with van der Waals surface area (Å²) in [4.78, 5) is 12.6. The highest BCUT2D eigenvalue weighted by Crippen LogP contribution is 2.69. The van der Waals surface area contributed by atoms with Crippen LogP contribution in [-0.4, -0.2) is 11.6 Å². The van der Waals surface area contributed by atoms with Crippen molar-refractivity contribution >= 4 is 11.5 Å². The van der Waals surface area contributed by atoms with Gasteiger partial charge >= 0.3 is 5.97 Å². The molecular weight excluding hydrogens is 560 g/mol. The Bertz CT molecular complexity index is 1220. The molecule has 1 aromatic carbocycles. The Morgan fingerprint density at radius 2 is 1.30 bits per heavy atom. The Morgan fingerprint density at radius 1 is 0.739 bits per heavy atom. The van der Waals surface area contributed by atoms with Crippen molar-refractivity contribution in [2.45, 2.75) is 132 Å². The van der Waals surface area contributed by atoms with Crippen LogP contribution in [0.25, 0.3) is 5.57 Å². The summed E-state index contributed by atoms with van der Waals surface area (Å²) in [6.45, 7) is 20.1. The fourth-order valence-electron chi connectivity index (χ4n) is 11.2. The molecule has 0 radical (unpaired) electrons. The van der Waals surface area contributed by atoms with Crippen LogP contribution < -0.4 is 0 Å². The van der Waals surface area contributed by atoms with Crippen molar-refractivity contribution in [1.29, 1.82) is 0 Å². The molecule has 8 atom stereocenters. The number of allylic oxidation sites excluding steroid dienone is 2. The number of esters is 1. The zero-order chi connectivity index (χ0) is 35.1. The topological polar surface area (TPSA) is 26.3 Å². The lowest BCUT2D eigenvalue weighted by atomic mass is 9.41. The second kappa shape index (κ2) is 15.8. The molecule has 4 fully saturated rings. The van der Waals surface area contributed by atoms with Crippen molar-refractivity contribution in [3.63, 3.8) is 0 Å². The molecule has 0 amide bonds. The fraction of sp³-hybridized carbons (Fsp3) is 0.659. The van der Waals surface area contributed by atoms with E-state index in [0.29, 0.717) is 16.4 Å². The van der Waals surface area contributed by atoms with Gasteiger partial charge < -0.3 is 4.74 Å². The molecular formula is C44H64O2. The first kappa shape index (κ1) is 39.3. The van der Waals surface area contributed by atoms with Crippen molar-refractivity contribution in [3.05, 3.63) is 41.5 Å². The van der Waals surface area contributed by atoms with E-state index < -0.39 is 5.60 Å². The predicted octanol–water partition coefficient (Wildman–Crippen LogP) is 11.5. The summed E-state index contributed by atoms with van der Waals surface area (Å²) >= 11 is 0. The van der Waals surface area contributed by atoms with E-state index in [1.54, 1.807) is 0 Å². The number of terminal acetylenes is 3. The average Bonchev–Trinajstić information content (AvgIpc) is 3.46. The number of rotatable bonds is 2. The normalized spacial score (nSPS) is 34.7. The van der Waals surface area contributed by atoms with E-state index in [9.17, 15) is 4.79 Å². The molecule has 0 heterocycles. The Labute approximate surface area is 284 Å². The van der Waals surface area contributed by atoms with Gasteiger partial charge in [-0.1, -0.05) is 66.2 Å². The van der Waals surface area contributed by atoms with Gasteiger partial charge in [0.2, 0.25) is 0 Å². The van der Waals surface area contributed by atoms with Crippen molar-refractivity contribution in [3.8, 4) is 38.5 Å². The van der Waals surface area contributed by atoms with Gasteiger partial charge in [-0.25, -0.2) is 4.79 Å². The zero-order valence-corrected chi connectivity index (χ0v) is 30.7. The van der Waals surface area contributed by atoms with Gasteiger partial charge in [-0.2, -0.15) is 0 Å². The minimum atomic E-state index is -0.472. The lowest BCUT2D eigenvalue weighted by Gasteiger charge is -2.64. The van der Waals surface area contributed by atoms with E-state index in [0.717, 1.165) is 35.5 Å². The van der Waals surface area contributed by atoms with Crippen LogP contribution in [-0.2, 0) is 4.74 Å². The number of carbonyl (C=O) groups excluding carboxylic acids is 1. The first-order valence-electron chi connectivity index (χ1n) is 17.9. The maximum absolute atomic E-state index is 12.6. The van der Waals surface area contributed by atoms with E-state index in [2.05, 4.69) is 84.4 Å². The van der Waals surface area contributed by atoms with Crippen LogP contribution in [0.4, 0.5) is 0 Å². The molecule has 2 heteroatoms. The first-order valence-corrected chi connectivity index (χ1v) is 17.9. The molecule has 2 nitrogen and oxygen atoms in total. The van der Waals surface area contributed by atoms with Crippen molar-refractivity contribution in [2.75, 3.05) is 0 Å². The average molecular weight is 625 g/mol. The monoisotopic (exact) mass is 624 g/mol. The number of hydrogen-bond acceptors (Lipinski definition) is 2. The van der Waals surface area contributed by atoms with Crippen LogP contribution in [0, 0.1) is 90.3 Å². The molecule has 0 spiro atoms. The van der Waals surface area contributed by atoms with E-state index in [4.69, 9.17) is 4.74 Å². The molecule has 1 aromatic rings. The highest BCUT2D eigenvalue weighted by Gasteiger charge is 2.60. The number of fused-ring (bicyclic) bond motifs is 7.